The molecule has 23 heavy (non-hydrogen) atoms. The first-order chi connectivity index (χ1) is 11.2. The van der Waals surface area contributed by atoms with Crippen LogP contribution in [-0.4, -0.2) is 10.9 Å². The molecule has 0 aliphatic rings. The average Bonchev–Trinajstić information content (AvgIpc) is 3.02. The van der Waals surface area contributed by atoms with Gasteiger partial charge in [-0.2, -0.15) is 0 Å². The van der Waals surface area contributed by atoms with Gasteiger partial charge in [-0.25, -0.2) is 4.98 Å². The smallest absolute Gasteiger partial charge is 0.250 e. The van der Waals surface area contributed by atoms with Gasteiger partial charge in [-0.1, -0.05) is 12.1 Å². The van der Waals surface area contributed by atoms with Gasteiger partial charge >= 0.3 is 0 Å². The zero-order valence-corrected chi connectivity index (χ0v) is 13.4. The quantitative estimate of drug-likeness (QED) is 0.578. The van der Waals surface area contributed by atoms with E-state index in [9.17, 15) is 9.59 Å². The molecular weight excluding hydrogens is 336 g/mol. The summed E-state index contributed by atoms with van der Waals surface area (Å²) < 4.78 is 5.38. The third kappa shape index (κ3) is 3.49. The van der Waals surface area contributed by atoms with Crippen molar-refractivity contribution in [3.8, 4) is 0 Å². The lowest BCUT2D eigenvalue weighted by Gasteiger charge is -1.98. The number of aromatic nitrogens is 1. The Morgan fingerprint density at radius 2 is 2.22 bits per heavy atom. The zero-order chi connectivity index (χ0) is 16.2. The number of alkyl halides is 1. The summed E-state index contributed by atoms with van der Waals surface area (Å²) in [5.74, 6) is -0.0894. The summed E-state index contributed by atoms with van der Waals surface area (Å²) in [4.78, 5) is 28.3. The molecule has 5 nitrogen and oxygen atoms in total. The molecule has 3 aromatic rings. The minimum absolute atomic E-state index is 0.186. The van der Waals surface area contributed by atoms with Gasteiger partial charge in [0.1, 0.15) is 11.8 Å². The average molecular weight is 347 g/mol. The van der Waals surface area contributed by atoms with Gasteiger partial charge in [0.25, 0.3) is 0 Å². The molecule has 7 heteroatoms. The topological polar surface area (TPSA) is 72.2 Å². The lowest BCUT2D eigenvalue weighted by molar-refractivity contribution is -0.111. The second-order valence-electron chi connectivity index (χ2n) is 4.62. The van der Waals surface area contributed by atoms with Crippen molar-refractivity contribution in [3.05, 3.63) is 63.5 Å². The second kappa shape index (κ2) is 6.76. The summed E-state index contributed by atoms with van der Waals surface area (Å²) in [7, 11) is 0. The summed E-state index contributed by atoms with van der Waals surface area (Å²) >= 11 is 6.94. The molecule has 0 saturated heterocycles. The maximum absolute atomic E-state index is 12.3. The minimum Gasteiger partial charge on any atom is -0.463 e. The Balaban J connectivity index is 1.78. The van der Waals surface area contributed by atoms with Crippen molar-refractivity contribution in [3.63, 3.8) is 0 Å². The maximum atomic E-state index is 12.3. The first-order valence-corrected chi connectivity index (χ1v) is 8.09. The van der Waals surface area contributed by atoms with Crippen molar-refractivity contribution in [2.24, 2.45) is 0 Å². The second-order valence-corrected chi connectivity index (χ2v) is 5.74. The van der Waals surface area contributed by atoms with Crippen LogP contribution in [0.3, 0.4) is 0 Å². The molecule has 1 aromatic carbocycles. The van der Waals surface area contributed by atoms with Crippen LogP contribution in [0.1, 0.15) is 11.3 Å². The molecule has 116 valence electrons. The molecule has 1 N–H and O–H groups in total. The minimum atomic E-state index is -0.381. The number of benzene rings is 1. The summed E-state index contributed by atoms with van der Waals surface area (Å²) in [6.45, 7) is 0. The molecule has 0 fully saturated rings. The van der Waals surface area contributed by atoms with Gasteiger partial charge in [0.05, 0.1) is 22.5 Å². The van der Waals surface area contributed by atoms with Crippen molar-refractivity contribution in [2.75, 3.05) is 5.32 Å². The van der Waals surface area contributed by atoms with Crippen molar-refractivity contribution < 1.29 is 9.21 Å². The van der Waals surface area contributed by atoms with Gasteiger partial charge in [-0.3, -0.25) is 14.9 Å². The predicted octanol–water partition coefficient (Wildman–Crippen LogP) is 3.64. The fourth-order valence-electron chi connectivity index (χ4n) is 1.95. The number of anilines is 1. The van der Waals surface area contributed by atoms with E-state index in [1.165, 1.54) is 29.8 Å². The number of para-hydroxylation sites is 1. The lowest BCUT2D eigenvalue weighted by atomic mass is 10.1. The molecular formula is C16H11ClN2O3S. The summed E-state index contributed by atoms with van der Waals surface area (Å²) in [6, 6.07) is 6.95. The fraction of sp³-hybridized carbons (Fsp3) is 0.0625. The highest BCUT2D eigenvalue weighted by Gasteiger charge is 2.06. The normalized spacial score (nSPS) is 11.2. The molecule has 0 spiro atoms. The van der Waals surface area contributed by atoms with Crippen molar-refractivity contribution in [1.29, 1.82) is 0 Å². The Morgan fingerprint density at radius 3 is 3.00 bits per heavy atom. The number of carbonyl (C=O) groups is 1. The highest BCUT2D eigenvalue weighted by atomic mass is 35.5. The van der Waals surface area contributed by atoms with Crippen LogP contribution in [0.15, 0.2) is 51.2 Å². The number of halogens is 1. The van der Waals surface area contributed by atoms with E-state index in [0.29, 0.717) is 33.2 Å². The highest BCUT2D eigenvalue weighted by Crippen LogP contribution is 2.16. The standard InChI is InChI=1S/C16H11ClN2O3S/c17-7-11-9-23-16(18-11)19-14(20)6-5-10-8-22-13-4-2-1-3-12(13)15(10)21/h1-6,8-9H,7H2,(H,18,19,20)/b6-5+. The summed E-state index contributed by atoms with van der Waals surface area (Å²) in [6.07, 6.45) is 4.02. The van der Waals surface area contributed by atoms with Crippen LogP contribution in [0, 0.1) is 0 Å². The van der Waals surface area contributed by atoms with Crippen LogP contribution in [-0.2, 0) is 10.7 Å². The summed E-state index contributed by atoms with van der Waals surface area (Å²) in [5.41, 5.74) is 1.33. The van der Waals surface area contributed by atoms with Gasteiger partial charge in [-0.05, 0) is 18.2 Å². The zero-order valence-electron chi connectivity index (χ0n) is 11.8. The Bertz CT molecular complexity index is 946. The first-order valence-electron chi connectivity index (χ1n) is 6.67. The highest BCUT2D eigenvalue weighted by molar-refractivity contribution is 7.14. The molecule has 3 rings (SSSR count). The van der Waals surface area contributed by atoms with Gasteiger partial charge in [0.15, 0.2) is 10.6 Å². The molecule has 1 amide bonds. The molecule has 0 aliphatic heterocycles. The van der Waals surface area contributed by atoms with E-state index in [-0.39, 0.29) is 11.3 Å². The molecule has 2 aromatic heterocycles. The van der Waals surface area contributed by atoms with E-state index in [0.717, 1.165) is 0 Å². The number of amides is 1. The molecule has 2 heterocycles. The number of nitrogens with one attached hydrogen (secondary N) is 1. The van der Waals surface area contributed by atoms with E-state index >= 15 is 0 Å². The van der Waals surface area contributed by atoms with E-state index in [4.69, 9.17) is 16.0 Å². The predicted molar refractivity (Wildman–Crippen MR) is 91.8 cm³/mol. The molecule has 0 atom stereocenters. The van der Waals surface area contributed by atoms with Crippen LogP contribution in [0.5, 0.6) is 0 Å². The summed E-state index contributed by atoms with van der Waals surface area (Å²) in [5, 5.41) is 5.31. The molecule has 0 unspecified atom stereocenters. The van der Waals surface area contributed by atoms with Crippen molar-refractivity contribution in [2.45, 2.75) is 5.88 Å². The number of hydrogen-bond acceptors (Lipinski definition) is 5. The largest absolute Gasteiger partial charge is 0.463 e. The van der Waals surface area contributed by atoms with E-state index < -0.39 is 0 Å². The Labute approximate surface area is 140 Å². The van der Waals surface area contributed by atoms with E-state index in [1.54, 1.807) is 29.6 Å². The Morgan fingerprint density at radius 1 is 1.39 bits per heavy atom. The van der Waals surface area contributed by atoms with Crippen molar-refractivity contribution in [1.82, 2.24) is 4.98 Å². The molecule has 0 radical (unpaired) electrons. The molecule has 0 saturated carbocycles. The van der Waals surface area contributed by atoms with Gasteiger partial charge in [-0.15, -0.1) is 22.9 Å². The van der Waals surface area contributed by atoms with Crippen LogP contribution in [0.25, 0.3) is 17.0 Å². The van der Waals surface area contributed by atoms with Gasteiger partial charge < -0.3 is 4.42 Å². The lowest BCUT2D eigenvalue weighted by Crippen LogP contribution is -2.09. The first kappa shape index (κ1) is 15.5. The number of hydrogen-bond donors (Lipinski definition) is 1. The van der Waals surface area contributed by atoms with Crippen LogP contribution < -0.4 is 10.7 Å². The van der Waals surface area contributed by atoms with Crippen LogP contribution in [0.4, 0.5) is 5.13 Å². The van der Waals surface area contributed by atoms with Gasteiger partial charge in [0, 0.05) is 11.5 Å². The van der Waals surface area contributed by atoms with Crippen LogP contribution in [0.2, 0.25) is 0 Å². The van der Waals surface area contributed by atoms with Crippen LogP contribution >= 0.6 is 22.9 Å². The number of carbonyl (C=O) groups excluding carboxylic acids is 1. The van der Waals surface area contributed by atoms with Gasteiger partial charge in [0.2, 0.25) is 5.91 Å². The molecule has 0 aliphatic carbocycles. The number of rotatable bonds is 4. The Kier molecular flexibility index (Phi) is 4.55. The molecule has 0 bridgehead atoms. The monoisotopic (exact) mass is 346 g/mol. The SMILES string of the molecule is O=C(/C=C/c1coc2ccccc2c1=O)Nc1nc(CCl)cs1. The Hall–Kier alpha value is -2.44. The number of nitrogens with zero attached hydrogens (tertiary/aromatic N) is 1. The fourth-order valence-corrected chi connectivity index (χ4v) is 2.89. The van der Waals surface area contributed by atoms with Crippen molar-refractivity contribution >= 4 is 51.0 Å². The number of fused-ring (bicyclic) bond motifs is 1. The third-order valence-electron chi connectivity index (χ3n) is 3.04. The third-order valence-corrected chi connectivity index (χ3v) is 4.12. The van der Waals surface area contributed by atoms with E-state index in [2.05, 4.69) is 10.3 Å². The maximum Gasteiger partial charge on any atom is 0.250 e. The van der Waals surface area contributed by atoms with E-state index in [1.807, 2.05) is 0 Å². The number of thiazole rings is 1.